The number of amides is 1. The Labute approximate surface area is 137 Å². The van der Waals surface area contributed by atoms with Gasteiger partial charge in [-0.15, -0.1) is 0 Å². The summed E-state index contributed by atoms with van der Waals surface area (Å²) in [5, 5.41) is 8.93. The molecule has 128 valence electrons. The summed E-state index contributed by atoms with van der Waals surface area (Å²) in [5.41, 5.74) is 0.564. The van der Waals surface area contributed by atoms with E-state index < -0.39 is 0 Å². The molecule has 0 saturated carbocycles. The number of guanidine groups is 1. The van der Waals surface area contributed by atoms with Crippen molar-refractivity contribution in [2.24, 2.45) is 4.99 Å². The average Bonchev–Trinajstić information content (AvgIpc) is 2.54. The largest absolute Gasteiger partial charge is 0.354 e. The lowest BCUT2D eigenvalue weighted by atomic mass is 10.1. The Hall–Kier alpha value is -2.11. The predicted molar refractivity (Wildman–Crippen MR) is 93.1 cm³/mol. The molecule has 0 aliphatic rings. The van der Waals surface area contributed by atoms with Crippen LogP contribution in [0, 0.1) is 5.82 Å². The van der Waals surface area contributed by atoms with E-state index in [-0.39, 0.29) is 18.3 Å². The number of carbonyl (C=O) groups excluding carboxylic acids is 1. The Balaban J connectivity index is 2.33. The Morgan fingerprint density at radius 1 is 1.26 bits per heavy atom. The molecule has 23 heavy (non-hydrogen) atoms. The minimum atomic E-state index is -0.331. The van der Waals surface area contributed by atoms with Crippen molar-refractivity contribution in [1.29, 1.82) is 0 Å². The first-order valence-corrected chi connectivity index (χ1v) is 8.07. The molecule has 1 rings (SSSR count). The van der Waals surface area contributed by atoms with E-state index in [1.165, 1.54) is 43.5 Å². The van der Waals surface area contributed by atoms with Crippen molar-refractivity contribution >= 4 is 17.6 Å². The monoisotopic (exact) mass is 322 g/mol. The zero-order valence-corrected chi connectivity index (χ0v) is 14.2. The minimum Gasteiger partial charge on any atom is -0.354 e. The maximum atomic E-state index is 12.8. The van der Waals surface area contributed by atoms with Gasteiger partial charge in [0.15, 0.2) is 5.96 Å². The van der Waals surface area contributed by atoms with Gasteiger partial charge in [-0.05, 0) is 37.6 Å². The third-order valence-electron chi connectivity index (χ3n) is 3.39. The van der Waals surface area contributed by atoms with E-state index in [0.29, 0.717) is 17.7 Å². The molecule has 3 N–H and O–H groups in total. The third kappa shape index (κ3) is 8.18. The molecule has 0 saturated heterocycles. The van der Waals surface area contributed by atoms with Crippen molar-refractivity contribution in [3.05, 3.63) is 30.1 Å². The minimum absolute atomic E-state index is 0.0960. The number of hydrogen-bond donors (Lipinski definition) is 3. The van der Waals surface area contributed by atoms with Crippen molar-refractivity contribution in [2.45, 2.75) is 45.6 Å². The molecule has 0 fully saturated rings. The highest BCUT2D eigenvalue weighted by atomic mass is 19.1. The molecule has 5 nitrogen and oxygen atoms in total. The SMILES string of the molecule is CCCCCC(C)NC(=NC)NCC(=O)Nc1ccc(F)cc1. The van der Waals surface area contributed by atoms with E-state index in [1.807, 2.05) is 0 Å². The van der Waals surface area contributed by atoms with Gasteiger partial charge in [0.05, 0.1) is 6.54 Å². The number of benzene rings is 1. The lowest BCUT2D eigenvalue weighted by Gasteiger charge is -2.17. The van der Waals surface area contributed by atoms with Gasteiger partial charge in [0.2, 0.25) is 5.91 Å². The number of anilines is 1. The highest BCUT2D eigenvalue weighted by Gasteiger charge is 2.07. The molecule has 0 aliphatic carbocycles. The van der Waals surface area contributed by atoms with Gasteiger partial charge in [0.25, 0.3) is 0 Å². The lowest BCUT2D eigenvalue weighted by Crippen LogP contribution is -2.44. The fraction of sp³-hybridized carbons (Fsp3) is 0.529. The normalized spacial score (nSPS) is 12.6. The lowest BCUT2D eigenvalue weighted by molar-refractivity contribution is -0.115. The Morgan fingerprint density at radius 3 is 2.57 bits per heavy atom. The molecule has 0 radical (unpaired) electrons. The molecule has 0 aromatic heterocycles. The van der Waals surface area contributed by atoms with E-state index in [9.17, 15) is 9.18 Å². The average molecular weight is 322 g/mol. The summed E-state index contributed by atoms with van der Waals surface area (Å²) in [5.74, 6) is 0.0595. The summed E-state index contributed by atoms with van der Waals surface area (Å²) < 4.78 is 12.8. The van der Waals surface area contributed by atoms with Gasteiger partial charge in [0, 0.05) is 18.8 Å². The van der Waals surface area contributed by atoms with E-state index in [1.54, 1.807) is 7.05 Å². The molecule has 1 atom stereocenters. The number of nitrogens with zero attached hydrogens (tertiary/aromatic N) is 1. The highest BCUT2D eigenvalue weighted by Crippen LogP contribution is 2.07. The fourth-order valence-corrected chi connectivity index (χ4v) is 2.10. The molecule has 1 aromatic rings. The van der Waals surface area contributed by atoms with E-state index in [0.717, 1.165) is 6.42 Å². The van der Waals surface area contributed by atoms with Crippen molar-refractivity contribution in [2.75, 3.05) is 18.9 Å². The summed E-state index contributed by atoms with van der Waals surface area (Å²) >= 11 is 0. The van der Waals surface area contributed by atoms with Crippen LogP contribution in [-0.2, 0) is 4.79 Å². The highest BCUT2D eigenvalue weighted by molar-refractivity contribution is 5.94. The van der Waals surface area contributed by atoms with Gasteiger partial charge < -0.3 is 16.0 Å². The second-order valence-electron chi connectivity index (χ2n) is 5.52. The van der Waals surface area contributed by atoms with Crippen LogP contribution in [0.5, 0.6) is 0 Å². The smallest absolute Gasteiger partial charge is 0.243 e. The van der Waals surface area contributed by atoms with Crippen LogP contribution < -0.4 is 16.0 Å². The summed E-state index contributed by atoms with van der Waals surface area (Å²) in [7, 11) is 1.67. The van der Waals surface area contributed by atoms with Crippen LogP contribution in [0.15, 0.2) is 29.3 Å². The molecule has 0 heterocycles. The zero-order valence-electron chi connectivity index (χ0n) is 14.2. The van der Waals surface area contributed by atoms with Gasteiger partial charge in [-0.25, -0.2) is 4.39 Å². The number of carbonyl (C=O) groups is 1. The van der Waals surface area contributed by atoms with Gasteiger partial charge >= 0.3 is 0 Å². The second-order valence-corrected chi connectivity index (χ2v) is 5.52. The number of rotatable bonds is 8. The van der Waals surface area contributed by atoms with Crippen LogP contribution in [-0.4, -0.2) is 31.5 Å². The van der Waals surface area contributed by atoms with Crippen LogP contribution in [0.1, 0.15) is 39.5 Å². The van der Waals surface area contributed by atoms with Gasteiger partial charge in [-0.1, -0.05) is 26.2 Å². The summed E-state index contributed by atoms with van der Waals surface area (Å²) in [6, 6.07) is 5.96. The van der Waals surface area contributed by atoms with Crippen LogP contribution in [0.25, 0.3) is 0 Å². The topological polar surface area (TPSA) is 65.5 Å². The molecule has 6 heteroatoms. The summed E-state index contributed by atoms with van der Waals surface area (Å²) in [6.45, 7) is 4.37. The van der Waals surface area contributed by atoms with Crippen LogP contribution >= 0.6 is 0 Å². The van der Waals surface area contributed by atoms with Crippen LogP contribution in [0.3, 0.4) is 0 Å². The quantitative estimate of drug-likeness (QED) is 0.392. The second kappa shape index (κ2) is 10.6. The zero-order chi connectivity index (χ0) is 17.1. The fourth-order valence-electron chi connectivity index (χ4n) is 2.10. The summed E-state index contributed by atoms with van der Waals surface area (Å²) in [4.78, 5) is 16.0. The molecule has 1 amide bonds. The maximum Gasteiger partial charge on any atom is 0.243 e. The molecule has 1 unspecified atom stereocenters. The Morgan fingerprint density at radius 2 is 1.96 bits per heavy atom. The molecule has 0 aliphatic heterocycles. The number of aliphatic imine (C=N–C) groups is 1. The first-order chi connectivity index (χ1) is 11.0. The van der Waals surface area contributed by atoms with E-state index >= 15 is 0 Å². The van der Waals surface area contributed by atoms with Crippen molar-refractivity contribution < 1.29 is 9.18 Å². The molecule has 0 bridgehead atoms. The summed E-state index contributed by atoms with van der Waals surface area (Å²) in [6.07, 6.45) is 4.66. The molecule has 0 spiro atoms. The van der Waals surface area contributed by atoms with Crippen molar-refractivity contribution in [3.63, 3.8) is 0 Å². The van der Waals surface area contributed by atoms with Crippen LogP contribution in [0.2, 0.25) is 0 Å². The van der Waals surface area contributed by atoms with Gasteiger partial charge in [-0.2, -0.15) is 0 Å². The van der Waals surface area contributed by atoms with E-state index in [4.69, 9.17) is 0 Å². The maximum absolute atomic E-state index is 12.8. The molecule has 1 aromatic carbocycles. The van der Waals surface area contributed by atoms with Gasteiger partial charge in [-0.3, -0.25) is 9.79 Å². The third-order valence-corrected chi connectivity index (χ3v) is 3.39. The van der Waals surface area contributed by atoms with E-state index in [2.05, 4.69) is 34.8 Å². The first-order valence-electron chi connectivity index (χ1n) is 8.07. The molecular formula is C17H27FN4O. The number of nitrogens with one attached hydrogen (secondary N) is 3. The number of halogens is 1. The Kier molecular flexibility index (Phi) is 8.72. The Bertz CT molecular complexity index is 502. The van der Waals surface area contributed by atoms with Gasteiger partial charge in [0.1, 0.15) is 5.82 Å². The van der Waals surface area contributed by atoms with Crippen LogP contribution in [0.4, 0.5) is 10.1 Å². The molecular weight excluding hydrogens is 295 g/mol. The van der Waals surface area contributed by atoms with Crippen molar-refractivity contribution in [1.82, 2.24) is 10.6 Å². The predicted octanol–water partition coefficient (Wildman–Crippen LogP) is 2.90. The number of hydrogen-bond acceptors (Lipinski definition) is 2. The standard InChI is InChI=1S/C17H27FN4O/c1-4-5-6-7-13(2)21-17(19-3)20-12-16(23)22-15-10-8-14(18)9-11-15/h8-11,13H,4-7,12H2,1-3H3,(H,22,23)(H2,19,20,21). The first kappa shape index (κ1) is 18.9. The van der Waals surface area contributed by atoms with Crippen molar-refractivity contribution in [3.8, 4) is 0 Å². The number of unbranched alkanes of at least 4 members (excludes halogenated alkanes) is 2.